The van der Waals surface area contributed by atoms with Crippen LogP contribution in [0.15, 0.2) is 60.8 Å². The van der Waals surface area contributed by atoms with Gasteiger partial charge in [-0.1, -0.05) is 41.9 Å². The molecule has 0 spiro atoms. The number of para-hydroxylation sites is 1. The van der Waals surface area contributed by atoms with Crippen molar-refractivity contribution in [1.82, 2.24) is 14.8 Å². The summed E-state index contributed by atoms with van der Waals surface area (Å²) in [5, 5.41) is 17.6. The van der Waals surface area contributed by atoms with E-state index in [0.717, 1.165) is 16.0 Å². The Kier molecular flexibility index (Phi) is 3.43. The highest BCUT2D eigenvalue weighted by molar-refractivity contribution is 6.30. The fraction of sp³-hybridized carbons (Fsp3) is 0.0556. The number of hydrogen-bond donors (Lipinski definition) is 0. The number of aryl methyl sites for hydroxylation is 1. The van der Waals surface area contributed by atoms with Crippen LogP contribution < -0.4 is 4.73 Å². The summed E-state index contributed by atoms with van der Waals surface area (Å²) in [6.45, 7) is 1.81. The topological polar surface area (TPSA) is 57.7 Å². The molecule has 0 saturated carbocycles. The number of rotatable bonds is 2. The number of aromatic nitrogens is 4. The molecule has 0 unspecified atom stereocenters. The van der Waals surface area contributed by atoms with E-state index in [9.17, 15) is 5.21 Å². The van der Waals surface area contributed by atoms with Gasteiger partial charge in [0, 0.05) is 10.6 Å². The zero-order valence-corrected chi connectivity index (χ0v) is 13.6. The van der Waals surface area contributed by atoms with Crippen LogP contribution in [0.4, 0.5) is 0 Å². The first kappa shape index (κ1) is 14.7. The highest BCUT2D eigenvalue weighted by atomic mass is 35.5. The molecular weight excluding hydrogens is 324 g/mol. The molecule has 0 N–H and O–H groups in total. The van der Waals surface area contributed by atoms with Gasteiger partial charge in [-0.2, -0.15) is 9.83 Å². The van der Waals surface area contributed by atoms with Crippen LogP contribution in [-0.4, -0.2) is 14.8 Å². The summed E-state index contributed by atoms with van der Waals surface area (Å²) in [7, 11) is 0. The molecule has 0 amide bonds. The van der Waals surface area contributed by atoms with Crippen LogP contribution in [0.5, 0.6) is 0 Å². The highest BCUT2D eigenvalue weighted by Crippen LogP contribution is 2.23. The van der Waals surface area contributed by atoms with Crippen LogP contribution in [0.25, 0.3) is 28.1 Å². The van der Waals surface area contributed by atoms with Crippen molar-refractivity contribution < 1.29 is 4.73 Å². The molecule has 118 valence electrons. The first-order valence-corrected chi connectivity index (χ1v) is 7.82. The summed E-state index contributed by atoms with van der Waals surface area (Å²) in [6, 6.07) is 16.9. The lowest BCUT2D eigenvalue weighted by atomic mass is 10.1. The third-order valence-corrected chi connectivity index (χ3v) is 4.08. The lowest BCUT2D eigenvalue weighted by Gasteiger charge is -2.05. The van der Waals surface area contributed by atoms with Crippen molar-refractivity contribution in [3.63, 3.8) is 0 Å². The van der Waals surface area contributed by atoms with E-state index in [1.54, 1.807) is 23.7 Å². The summed E-state index contributed by atoms with van der Waals surface area (Å²) in [5.74, 6) is 0. The SMILES string of the molecule is Cc1nn(-c2ccccc2)c2nc(-c3ccc(Cl)cc3)c[n+]([O-])c12. The second kappa shape index (κ2) is 5.62. The van der Waals surface area contributed by atoms with Crippen LogP contribution in [0.3, 0.4) is 0 Å². The lowest BCUT2D eigenvalue weighted by molar-refractivity contribution is -0.577. The van der Waals surface area contributed by atoms with Crippen molar-refractivity contribution in [3.05, 3.63) is 76.7 Å². The fourth-order valence-corrected chi connectivity index (χ4v) is 2.82. The van der Waals surface area contributed by atoms with Crippen LogP contribution >= 0.6 is 11.6 Å². The van der Waals surface area contributed by atoms with E-state index in [4.69, 9.17) is 11.6 Å². The largest absolute Gasteiger partial charge is 0.618 e. The summed E-state index contributed by atoms with van der Waals surface area (Å²) in [4.78, 5) is 4.67. The Labute approximate surface area is 143 Å². The van der Waals surface area contributed by atoms with Gasteiger partial charge in [-0.25, -0.2) is 9.67 Å². The van der Waals surface area contributed by atoms with Crippen LogP contribution in [0.2, 0.25) is 5.02 Å². The van der Waals surface area contributed by atoms with Gasteiger partial charge in [-0.15, -0.1) is 0 Å². The first-order valence-electron chi connectivity index (χ1n) is 7.44. The minimum Gasteiger partial charge on any atom is -0.618 e. The second-order valence-electron chi connectivity index (χ2n) is 5.46. The Morgan fingerprint density at radius 3 is 2.46 bits per heavy atom. The van der Waals surface area contributed by atoms with Gasteiger partial charge in [-0.05, 0) is 31.2 Å². The van der Waals surface area contributed by atoms with E-state index in [2.05, 4.69) is 10.1 Å². The second-order valence-corrected chi connectivity index (χ2v) is 5.90. The predicted molar refractivity (Wildman–Crippen MR) is 93.0 cm³/mol. The Hall–Kier alpha value is -2.92. The highest BCUT2D eigenvalue weighted by Gasteiger charge is 2.20. The summed E-state index contributed by atoms with van der Waals surface area (Å²) >= 11 is 5.93. The standard InChI is InChI=1S/C18H13ClN4O/c1-12-17-18(23(21-12)15-5-3-2-4-6-15)20-16(11-22(17)24)13-7-9-14(19)10-8-13/h2-11H,1H3. The molecule has 6 heteroatoms. The molecule has 0 fully saturated rings. The van der Waals surface area contributed by atoms with Crippen LogP contribution in [0.1, 0.15) is 5.69 Å². The van der Waals surface area contributed by atoms with E-state index in [1.165, 1.54) is 6.20 Å². The number of hydrogen-bond acceptors (Lipinski definition) is 3. The molecule has 0 radical (unpaired) electrons. The summed E-state index contributed by atoms with van der Waals surface area (Å²) in [5.41, 5.74) is 3.89. The molecule has 0 aliphatic rings. The monoisotopic (exact) mass is 336 g/mol. The third-order valence-electron chi connectivity index (χ3n) is 3.83. The molecule has 0 aliphatic carbocycles. The molecule has 0 bridgehead atoms. The number of nitrogens with zero attached hydrogens (tertiary/aromatic N) is 4. The van der Waals surface area contributed by atoms with E-state index >= 15 is 0 Å². The lowest BCUT2D eigenvalue weighted by Crippen LogP contribution is -2.27. The predicted octanol–water partition coefficient (Wildman–Crippen LogP) is 3.68. The zero-order chi connectivity index (χ0) is 16.7. The molecule has 24 heavy (non-hydrogen) atoms. The van der Waals surface area contributed by atoms with Crippen LogP contribution in [-0.2, 0) is 0 Å². The third kappa shape index (κ3) is 2.39. The molecule has 4 aromatic rings. The van der Waals surface area contributed by atoms with Crippen molar-refractivity contribution in [3.8, 4) is 16.9 Å². The Morgan fingerprint density at radius 2 is 1.75 bits per heavy atom. The normalized spacial score (nSPS) is 11.1. The number of halogens is 1. The number of fused-ring (bicyclic) bond motifs is 1. The Bertz CT molecular complexity index is 1030. The minimum absolute atomic E-state index is 0.469. The van der Waals surface area contributed by atoms with Gasteiger partial charge in [0.25, 0.3) is 5.52 Å². The molecule has 0 aliphatic heterocycles. The van der Waals surface area contributed by atoms with Gasteiger partial charge >= 0.3 is 0 Å². The smallest absolute Gasteiger partial charge is 0.284 e. The van der Waals surface area contributed by atoms with Gasteiger partial charge < -0.3 is 5.21 Å². The number of benzene rings is 2. The molecule has 4 rings (SSSR count). The average Bonchev–Trinajstić information content (AvgIpc) is 2.93. The van der Waals surface area contributed by atoms with Gasteiger partial charge in [0.1, 0.15) is 11.4 Å². The molecule has 2 heterocycles. The van der Waals surface area contributed by atoms with E-state index in [1.807, 2.05) is 42.5 Å². The maximum atomic E-state index is 12.5. The van der Waals surface area contributed by atoms with E-state index in [0.29, 0.717) is 27.6 Å². The van der Waals surface area contributed by atoms with Gasteiger partial charge in [-0.3, -0.25) is 0 Å². The van der Waals surface area contributed by atoms with Crippen molar-refractivity contribution in [2.45, 2.75) is 6.92 Å². The van der Waals surface area contributed by atoms with Crippen molar-refractivity contribution >= 4 is 22.8 Å². The molecule has 0 atom stereocenters. The average molecular weight is 337 g/mol. The van der Waals surface area contributed by atoms with Crippen LogP contribution in [0, 0.1) is 12.1 Å². The molecular formula is C18H13ClN4O. The quantitative estimate of drug-likeness (QED) is 0.414. The van der Waals surface area contributed by atoms with Crippen molar-refractivity contribution in [2.24, 2.45) is 0 Å². The van der Waals surface area contributed by atoms with E-state index in [-0.39, 0.29) is 0 Å². The molecule has 2 aromatic heterocycles. The van der Waals surface area contributed by atoms with Gasteiger partial charge in [0.2, 0.25) is 11.8 Å². The van der Waals surface area contributed by atoms with Gasteiger partial charge in [0.05, 0.1) is 5.69 Å². The van der Waals surface area contributed by atoms with Crippen molar-refractivity contribution in [2.75, 3.05) is 0 Å². The first-order chi connectivity index (χ1) is 11.6. The maximum absolute atomic E-state index is 12.5. The molecule has 2 aromatic carbocycles. The Morgan fingerprint density at radius 1 is 1.04 bits per heavy atom. The van der Waals surface area contributed by atoms with Gasteiger partial charge in [0.15, 0.2) is 0 Å². The Balaban J connectivity index is 1.98. The maximum Gasteiger partial charge on any atom is 0.284 e. The van der Waals surface area contributed by atoms with Crippen molar-refractivity contribution in [1.29, 1.82) is 0 Å². The fourth-order valence-electron chi connectivity index (χ4n) is 2.69. The summed E-state index contributed by atoms with van der Waals surface area (Å²) < 4.78 is 2.52. The molecule has 5 nitrogen and oxygen atoms in total. The zero-order valence-electron chi connectivity index (χ0n) is 12.8. The summed E-state index contributed by atoms with van der Waals surface area (Å²) in [6.07, 6.45) is 1.47. The molecule has 0 saturated heterocycles. The van der Waals surface area contributed by atoms with E-state index < -0.39 is 0 Å². The minimum atomic E-state index is 0.469.